The average Bonchev–Trinajstić information content (AvgIpc) is 3.18. The third-order valence-corrected chi connectivity index (χ3v) is 5.95. The Kier molecular flexibility index (Phi) is 5.47. The predicted octanol–water partition coefficient (Wildman–Crippen LogP) is 5.08. The van der Waals surface area contributed by atoms with E-state index in [0.29, 0.717) is 20.8 Å². The van der Waals surface area contributed by atoms with Crippen molar-refractivity contribution < 1.29 is 9.53 Å². The van der Waals surface area contributed by atoms with Crippen LogP contribution in [0.25, 0.3) is 21.3 Å². The topological polar surface area (TPSA) is 61.2 Å². The fourth-order valence-electron chi connectivity index (χ4n) is 3.05. The Morgan fingerprint density at radius 2 is 1.90 bits per heavy atom. The first kappa shape index (κ1) is 19.4. The van der Waals surface area contributed by atoms with Crippen LogP contribution in [0.1, 0.15) is 18.5 Å². The molecule has 4 aromatic rings. The highest BCUT2D eigenvalue weighted by molar-refractivity contribution is 7.17. The molecule has 7 heteroatoms. The number of aromatic nitrogens is 2. The summed E-state index contributed by atoms with van der Waals surface area (Å²) in [4.78, 5) is 30.7. The van der Waals surface area contributed by atoms with E-state index in [4.69, 9.17) is 16.3 Å². The van der Waals surface area contributed by atoms with Gasteiger partial charge in [0.15, 0.2) is 0 Å². The SMILES string of the molecule is C[C@@H](C(=O)OCc1ccccc1Cl)n1cnc2scc(-c3ccccc3)c2c1=O. The van der Waals surface area contributed by atoms with E-state index in [0.717, 1.165) is 11.1 Å². The summed E-state index contributed by atoms with van der Waals surface area (Å²) in [6, 6.07) is 16.0. The van der Waals surface area contributed by atoms with Gasteiger partial charge in [-0.3, -0.25) is 9.36 Å². The van der Waals surface area contributed by atoms with Gasteiger partial charge >= 0.3 is 5.97 Å². The Balaban J connectivity index is 1.63. The molecular formula is C22H17ClN2O3S. The van der Waals surface area contributed by atoms with Crippen LogP contribution in [0.2, 0.25) is 5.02 Å². The summed E-state index contributed by atoms with van der Waals surface area (Å²) in [6.45, 7) is 1.67. The van der Waals surface area contributed by atoms with Crippen LogP contribution < -0.4 is 5.56 Å². The number of benzene rings is 2. The maximum Gasteiger partial charge on any atom is 0.329 e. The summed E-state index contributed by atoms with van der Waals surface area (Å²) in [6.07, 6.45) is 1.40. The molecule has 0 amide bonds. The van der Waals surface area contributed by atoms with Crippen LogP contribution in [-0.4, -0.2) is 15.5 Å². The van der Waals surface area contributed by atoms with E-state index in [1.54, 1.807) is 19.1 Å². The van der Waals surface area contributed by atoms with Gasteiger partial charge in [0.2, 0.25) is 0 Å². The fraction of sp³-hybridized carbons (Fsp3) is 0.136. The number of nitrogens with zero attached hydrogens (tertiary/aromatic N) is 2. The van der Waals surface area contributed by atoms with Crippen LogP contribution in [0.5, 0.6) is 0 Å². The summed E-state index contributed by atoms with van der Waals surface area (Å²) in [5.74, 6) is -0.523. The van der Waals surface area contributed by atoms with Crippen LogP contribution in [0.3, 0.4) is 0 Å². The average molecular weight is 425 g/mol. The Hall–Kier alpha value is -2.96. The number of hydrogen-bond donors (Lipinski definition) is 0. The monoisotopic (exact) mass is 424 g/mol. The van der Waals surface area contributed by atoms with E-state index in [-0.39, 0.29) is 12.2 Å². The summed E-state index contributed by atoms with van der Waals surface area (Å²) < 4.78 is 6.70. The van der Waals surface area contributed by atoms with Crippen molar-refractivity contribution in [2.24, 2.45) is 0 Å². The number of rotatable bonds is 5. The number of hydrogen-bond acceptors (Lipinski definition) is 5. The molecule has 4 rings (SSSR count). The lowest BCUT2D eigenvalue weighted by atomic mass is 10.1. The van der Waals surface area contributed by atoms with Crippen molar-refractivity contribution in [1.82, 2.24) is 9.55 Å². The minimum atomic E-state index is -0.814. The van der Waals surface area contributed by atoms with E-state index in [1.807, 2.05) is 47.8 Å². The van der Waals surface area contributed by atoms with Gasteiger partial charge in [0.25, 0.3) is 5.56 Å². The van der Waals surface area contributed by atoms with Gasteiger partial charge in [-0.25, -0.2) is 9.78 Å². The lowest BCUT2D eigenvalue weighted by Crippen LogP contribution is -2.29. The van der Waals surface area contributed by atoms with Crippen LogP contribution in [-0.2, 0) is 16.1 Å². The first-order valence-corrected chi connectivity index (χ1v) is 10.3. The number of halogens is 1. The number of carbonyl (C=O) groups excluding carboxylic acids is 1. The molecule has 0 fully saturated rings. The zero-order valence-corrected chi connectivity index (χ0v) is 17.1. The Bertz CT molecular complexity index is 1230. The molecule has 2 aromatic carbocycles. The van der Waals surface area contributed by atoms with Gasteiger partial charge in [0.1, 0.15) is 17.5 Å². The maximum atomic E-state index is 13.2. The van der Waals surface area contributed by atoms with Gasteiger partial charge in [-0.15, -0.1) is 11.3 Å². The van der Waals surface area contributed by atoms with Crippen molar-refractivity contribution in [1.29, 1.82) is 0 Å². The molecule has 0 aliphatic carbocycles. The number of carbonyl (C=O) groups is 1. The zero-order chi connectivity index (χ0) is 20.4. The lowest BCUT2D eigenvalue weighted by Gasteiger charge is -2.14. The van der Waals surface area contributed by atoms with Crippen molar-refractivity contribution >= 4 is 39.1 Å². The van der Waals surface area contributed by atoms with E-state index in [2.05, 4.69) is 4.98 Å². The molecule has 1 atom stereocenters. The third-order valence-electron chi connectivity index (χ3n) is 4.69. The molecule has 146 valence electrons. The van der Waals surface area contributed by atoms with Gasteiger partial charge in [0.05, 0.1) is 11.7 Å². The first-order chi connectivity index (χ1) is 14.1. The molecule has 0 saturated heterocycles. The normalized spacial score (nSPS) is 12.1. The number of esters is 1. The second kappa shape index (κ2) is 8.19. The molecule has 0 aliphatic heterocycles. The van der Waals surface area contributed by atoms with Crippen molar-refractivity contribution in [3.05, 3.63) is 87.2 Å². The van der Waals surface area contributed by atoms with E-state index in [1.165, 1.54) is 22.2 Å². The zero-order valence-electron chi connectivity index (χ0n) is 15.5. The van der Waals surface area contributed by atoms with Gasteiger partial charge in [-0.05, 0) is 18.6 Å². The minimum Gasteiger partial charge on any atom is -0.459 e. The van der Waals surface area contributed by atoms with Gasteiger partial charge in [-0.2, -0.15) is 0 Å². The molecule has 0 N–H and O–H groups in total. The summed E-state index contributed by atoms with van der Waals surface area (Å²) in [5, 5.41) is 2.95. The molecule has 5 nitrogen and oxygen atoms in total. The molecule has 0 bridgehead atoms. The molecule has 0 unspecified atom stereocenters. The highest BCUT2D eigenvalue weighted by Gasteiger charge is 2.21. The molecule has 0 spiro atoms. The van der Waals surface area contributed by atoms with E-state index in [9.17, 15) is 9.59 Å². The molecular weight excluding hydrogens is 408 g/mol. The van der Waals surface area contributed by atoms with Crippen molar-refractivity contribution in [2.75, 3.05) is 0 Å². The number of fused-ring (bicyclic) bond motifs is 1. The van der Waals surface area contributed by atoms with Crippen LogP contribution >= 0.6 is 22.9 Å². The molecule has 2 aromatic heterocycles. The summed E-state index contributed by atoms with van der Waals surface area (Å²) >= 11 is 7.51. The standard InChI is InChI=1S/C22H17ClN2O3S/c1-14(22(27)28-11-16-9-5-6-10-18(16)23)25-13-24-20-19(21(25)26)17(12-29-20)15-7-3-2-4-8-15/h2-10,12-14H,11H2,1H3/t14-/m0/s1. The lowest BCUT2D eigenvalue weighted by molar-refractivity contribution is -0.148. The van der Waals surface area contributed by atoms with Crippen LogP contribution in [0.4, 0.5) is 0 Å². The van der Waals surface area contributed by atoms with Crippen LogP contribution in [0.15, 0.2) is 71.1 Å². The maximum absolute atomic E-state index is 13.2. The summed E-state index contributed by atoms with van der Waals surface area (Å²) in [7, 11) is 0. The predicted molar refractivity (Wildman–Crippen MR) is 115 cm³/mol. The number of thiophene rings is 1. The van der Waals surface area contributed by atoms with Crippen LogP contribution in [0, 0.1) is 0 Å². The summed E-state index contributed by atoms with van der Waals surface area (Å²) in [5.41, 5.74) is 2.19. The van der Waals surface area contributed by atoms with Crippen molar-refractivity contribution in [3.63, 3.8) is 0 Å². The van der Waals surface area contributed by atoms with Gasteiger partial charge < -0.3 is 4.74 Å². The molecule has 0 radical (unpaired) electrons. The number of ether oxygens (including phenoxy) is 1. The fourth-order valence-corrected chi connectivity index (χ4v) is 4.15. The molecule has 29 heavy (non-hydrogen) atoms. The highest BCUT2D eigenvalue weighted by atomic mass is 35.5. The van der Waals surface area contributed by atoms with Crippen molar-refractivity contribution in [3.8, 4) is 11.1 Å². The van der Waals surface area contributed by atoms with E-state index >= 15 is 0 Å². The molecule has 2 heterocycles. The van der Waals surface area contributed by atoms with Crippen molar-refractivity contribution in [2.45, 2.75) is 19.6 Å². The van der Waals surface area contributed by atoms with E-state index < -0.39 is 12.0 Å². The Morgan fingerprint density at radius 3 is 2.66 bits per heavy atom. The van der Waals surface area contributed by atoms with Gasteiger partial charge in [-0.1, -0.05) is 60.1 Å². The second-order valence-electron chi connectivity index (χ2n) is 6.53. The minimum absolute atomic E-state index is 0.0426. The Morgan fingerprint density at radius 1 is 1.17 bits per heavy atom. The molecule has 0 saturated carbocycles. The quantitative estimate of drug-likeness (QED) is 0.419. The smallest absolute Gasteiger partial charge is 0.329 e. The third kappa shape index (κ3) is 3.81. The first-order valence-electron chi connectivity index (χ1n) is 9.00. The molecule has 0 aliphatic rings. The highest BCUT2D eigenvalue weighted by Crippen LogP contribution is 2.30. The Labute approximate surface area is 176 Å². The van der Waals surface area contributed by atoms with Gasteiger partial charge in [0, 0.05) is 21.5 Å². The second-order valence-corrected chi connectivity index (χ2v) is 7.79. The largest absolute Gasteiger partial charge is 0.459 e.